The fourth-order valence-electron chi connectivity index (χ4n) is 1.83. The summed E-state index contributed by atoms with van der Waals surface area (Å²) in [4.78, 5) is 10.8. The molecular weight excluding hydrogens is 325 g/mol. The molecule has 0 fully saturated rings. The summed E-state index contributed by atoms with van der Waals surface area (Å²) in [5.74, 6) is -3.65. The predicted octanol–water partition coefficient (Wildman–Crippen LogP) is 1.11. The van der Waals surface area contributed by atoms with Crippen molar-refractivity contribution in [3.8, 4) is 5.75 Å². The van der Waals surface area contributed by atoms with E-state index in [1.165, 1.54) is 19.2 Å². The van der Waals surface area contributed by atoms with Crippen molar-refractivity contribution in [3.63, 3.8) is 0 Å². The maximum absolute atomic E-state index is 12.4. The SMILES string of the molecule is COc1ccc([C@H](N)C(C)C(=O)C(F)(F)F)cc1S(N)(=O)=O. The zero-order chi connectivity index (χ0) is 17.3. The first kappa shape index (κ1) is 18.4. The van der Waals surface area contributed by atoms with E-state index >= 15 is 0 Å². The van der Waals surface area contributed by atoms with Gasteiger partial charge in [-0.2, -0.15) is 13.2 Å². The summed E-state index contributed by atoms with van der Waals surface area (Å²) < 4.78 is 65.0. The molecule has 1 aromatic carbocycles. The molecule has 0 aliphatic rings. The fourth-order valence-corrected chi connectivity index (χ4v) is 2.57. The molecule has 0 heterocycles. The molecule has 0 aliphatic heterocycles. The van der Waals surface area contributed by atoms with Crippen LogP contribution in [0.2, 0.25) is 0 Å². The smallest absolute Gasteiger partial charge is 0.450 e. The first-order valence-corrected chi connectivity index (χ1v) is 7.51. The summed E-state index contributed by atoms with van der Waals surface area (Å²) in [6.07, 6.45) is -5.02. The average Bonchev–Trinajstić information content (AvgIpc) is 2.42. The van der Waals surface area contributed by atoms with Crippen LogP contribution < -0.4 is 15.6 Å². The standard InChI is InChI=1S/C12H15F3N2O4S/c1-6(11(18)12(13,14)15)10(16)7-3-4-8(21-2)9(5-7)22(17,19)20/h3-6,10H,16H2,1-2H3,(H2,17,19,20)/t6?,10-/m1/s1. The molecule has 22 heavy (non-hydrogen) atoms. The maximum Gasteiger partial charge on any atom is 0.450 e. The van der Waals surface area contributed by atoms with Crippen LogP contribution in [0, 0.1) is 5.92 Å². The van der Waals surface area contributed by atoms with Gasteiger partial charge in [0.25, 0.3) is 0 Å². The van der Waals surface area contributed by atoms with Gasteiger partial charge in [0.15, 0.2) is 0 Å². The Morgan fingerprint density at radius 2 is 1.86 bits per heavy atom. The summed E-state index contributed by atoms with van der Waals surface area (Å²) in [5.41, 5.74) is 5.67. The Balaban J connectivity index is 3.26. The van der Waals surface area contributed by atoms with E-state index in [1.807, 2.05) is 0 Å². The lowest BCUT2D eigenvalue weighted by Gasteiger charge is -2.21. The molecule has 6 nitrogen and oxygen atoms in total. The largest absolute Gasteiger partial charge is 0.495 e. The number of primary sulfonamides is 1. The molecule has 0 saturated carbocycles. The van der Waals surface area contributed by atoms with Gasteiger partial charge in [-0.25, -0.2) is 13.6 Å². The maximum atomic E-state index is 12.4. The molecule has 0 amide bonds. The summed E-state index contributed by atoms with van der Waals surface area (Å²) in [6.45, 7) is 1.02. The van der Waals surface area contributed by atoms with E-state index in [0.29, 0.717) is 0 Å². The van der Waals surface area contributed by atoms with Crippen LogP contribution >= 0.6 is 0 Å². The molecule has 10 heteroatoms. The third kappa shape index (κ3) is 3.96. The van der Waals surface area contributed by atoms with Gasteiger partial charge >= 0.3 is 6.18 Å². The number of hydrogen-bond donors (Lipinski definition) is 2. The molecule has 1 aromatic rings. The summed E-state index contributed by atoms with van der Waals surface area (Å²) >= 11 is 0. The fraction of sp³-hybridized carbons (Fsp3) is 0.417. The Kier molecular flexibility index (Phi) is 5.21. The average molecular weight is 340 g/mol. The van der Waals surface area contributed by atoms with Crippen LogP contribution in [0.5, 0.6) is 5.75 Å². The minimum absolute atomic E-state index is 0.0231. The zero-order valence-electron chi connectivity index (χ0n) is 11.7. The Bertz CT molecular complexity index is 673. The minimum atomic E-state index is -5.02. The molecule has 0 bridgehead atoms. The summed E-state index contributed by atoms with van der Waals surface area (Å²) in [6, 6.07) is 2.14. The van der Waals surface area contributed by atoms with Crippen molar-refractivity contribution in [2.24, 2.45) is 16.8 Å². The monoisotopic (exact) mass is 340 g/mol. The quantitative estimate of drug-likeness (QED) is 0.834. The predicted molar refractivity (Wildman–Crippen MR) is 71.5 cm³/mol. The van der Waals surface area contributed by atoms with Crippen LogP contribution in [-0.2, 0) is 14.8 Å². The molecule has 4 N–H and O–H groups in total. The number of rotatable bonds is 5. The van der Waals surface area contributed by atoms with Gasteiger partial charge in [-0.1, -0.05) is 13.0 Å². The Morgan fingerprint density at radius 3 is 2.27 bits per heavy atom. The normalized spacial score (nSPS) is 15.2. The third-order valence-corrected chi connectivity index (χ3v) is 4.04. The molecule has 1 rings (SSSR count). The first-order valence-electron chi connectivity index (χ1n) is 5.97. The molecule has 0 radical (unpaired) electrons. The number of carbonyl (C=O) groups is 1. The van der Waals surface area contributed by atoms with Crippen molar-refractivity contribution in [1.29, 1.82) is 0 Å². The van der Waals surface area contributed by atoms with Crippen molar-refractivity contribution in [1.82, 2.24) is 0 Å². The van der Waals surface area contributed by atoms with Gasteiger partial charge in [-0.15, -0.1) is 0 Å². The van der Waals surface area contributed by atoms with Gasteiger partial charge < -0.3 is 10.5 Å². The number of halogens is 3. The molecule has 0 spiro atoms. The Hall–Kier alpha value is -1.65. The molecule has 2 atom stereocenters. The number of ether oxygens (including phenoxy) is 1. The van der Waals surface area contributed by atoms with Gasteiger partial charge in [0.2, 0.25) is 15.8 Å². The van der Waals surface area contributed by atoms with Crippen LogP contribution in [0.15, 0.2) is 23.1 Å². The second kappa shape index (κ2) is 6.23. The zero-order valence-corrected chi connectivity index (χ0v) is 12.5. The number of Topliss-reactive ketones (excluding diaryl/α,β-unsaturated/α-hetero) is 1. The van der Waals surface area contributed by atoms with Gasteiger partial charge in [0.05, 0.1) is 7.11 Å². The van der Waals surface area contributed by atoms with Crippen LogP contribution in [-0.4, -0.2) is 27.5 Å². The second-order valence-corrected chi connectivity index (χ2v) is 6.16. The molecular formula is C12H15F3N2O4S. The van der Waals surface area contributed by atoms with Crippen molar-refractivity contribution >= 4 is 15.8 Å². The van der Waals surface area contributed by atoms with Gasteiger partial charge in [-0.3, -0.25) is 4.79 Å². The van der Waals surface area contributed by atoms with Crippen LogP contribution in [0.3, 0.4) is 0 Å². The van der Waals surface area contributed by atoms with E-state index in [1.54, 1.807) is 0 Å². The topological polar surface area (TPSA) is 112 Å². The van der Waals surface area contributed by atoms with Gasteiger partial charge in [0.1, 0.15) is 10.6 Å². The lowest BCUT2D eigenvalue weighted by atomic mass is 9.91. The van der Waals surface area contributed by atoms with Crippen molar-refractivity contribution in [2.75, 3.05) is 7.11 Å². The number of carbonyl (C=O) groups excluding carboxylic acids is 1. The highest BCUT2D eigenvalue weighted by Crippen LogP contribution is 2.31. The van der Waals surface area contributed by atoms with E-state index in [-0.39, 0.29) is 11.3 Å². The van der Waals surface area contributed by atoms with Crippen molar-refractivity contribution in [2.45, 2.75) is 24.0 Å². The third-order valence-electron chi connectivity index (χ3n) is 3.11. The molecule has 0 aliphatic carbocycles. The number of alkyl halides is 3. The molecule has 0 aromatic heterocycles. The summed E-state index contributed by atoms with van der Waals surface area (Å²) in [5, 5.41) is 5.01. The Morgan fingerprint density at radius 1 is 1.32 bits per heavy atom. The molecule has 1 unspecified atom stereocenters. The molecule has 124 valence electrons. The number of ketones is 1. The number of methoxy groups -OCH3 is 1. The number of hydrogen-bond acceptors (Lipinski definition) is 5. The van der Waals surface area contributed by atoms with Crippen LogP contribution in [0.25, 0.3) is 0 Å². The van der Waals surface area contributed by atoms with E-state index in [2.05, 4.69) is 0 Å². The number of benzene rings is 1. The van der Waals surface area contributed by atoms with Crippen molar-refractivity contribution < 1.29 is 31.1 Å². The summed E-state index contributed by atoms with van der Waals surface area (Å²) in [7, 11) is -2.96. The highest BCUT2D eigenvalue weighted by molar-refractivity contribution is 7.89. The second-order valence-electron chi connectivity index (χ2n) is 4.63. The highest BCUT2D eigenvalue weighted by Gasteiger charge is 2.43. The lowest BCUT2D eigenvalue weighted by molar-refractivity contribution is -0.175. The minimum Gasteiger partial charge on any atom is -0.495 e. The first-order chi connectivity index (χ1) is 9.89. The van der Waals surface area contributed by atoms with Gasteiger partial charge in [-0.05, 0) is 17.7 Å². The van der Waals surface area contributed by atoms with E-state index in [9.17, 15) is 26.4 Å². The van der Waals surface area contributed by atoms with E-state index in [0.717, 1.165) is 13.0 Å². The van der Waals surface area contributed by atoms with E-state index in [4.69, 9.17) is 15.6 Å². The molecule has 0 saturated heterocycles. The van der Waals surface area contributed by atoms with Crippen molar-refractivity contribution in [3.05, 3.63) is 23.8 Å². The highest BCUT2D eigenvalue weighted by atomic mass is 32.2. The Labute approximate surface area is 125 Å². The lowest BCUT2D eigenvalue weighted by Crippen LogP contribution is -2.35. The number of sulfonamides is 1. The van der Waals surface area contributed by atoms with E-state index < -0.39 is 38.8 Å². The van der Waals surface area contributed by atoms with Gasteiger partial charge in [0, 0.05) is 12.0 Å². The van der Waals surface area contributed by atoms with Crippen LogP contribution in [0.4, 0.5) is 13.2 Å². The van der Waals surface area contributed by atoms with Crippen LogP contribution in [0.1, 0.15) is 18.5 Å². The number of nitrogens with two attached hydrogens (primary N) is 2.